The number of piperazine rings is 1. The van der Waals surface area contributed by atoms with E-state index in [2.05, 4.69) is 5.32 Å². The van der Waals surface area contributed by atoms with Crippen LogP contribution in [0.25, 0.3) is 0 Å². The third-order valence-corrected chi connectivity index (χ3v) is 6.03. The lowest BCUT2D eigenvalue weighted by Crippen LogP contribution is -2.51. The van der Waals surface area contributed by atoms with Crippen molar-refractivity contribution in [3.05, 3.63) is 35.6 Å². The van der Waals surface area contributed by atoms with Crippen LogP contribution in [0.1, 0.15) is 42.5 Å². The summed E-state index contributed by atoms with van der Waals surface area (Å²) in [6, 6.07) is 6.99. The lowest BCUT2D eigenvalue weighted by Gasteiger charge is -2.36. The van der Waals surface area contributed by atoms with Gasteiger partial charge in [-0.05, 0) is 49.8 Å². The van der Waals surface area contributed by atoms with Gasteiger partial charge in [0.15, 0.2) is 0 Å². The number of carbonyl (C=O) groups excluding carboxylic acids is 2. The second-order valence-corrected chi connectivity index (χ2v) is 7.86. The van der Waals surface area contributed by atoms with Crippen LogP contribution in [0.3, 0.4) is 0 Å². The molecule has 0 spiro atoms. The molecule has 1 aromatic carbocycles. The van der Waals surface area contributed by atoms with E-state index in [0.717, 1.165) is 12.8 Å². The van der Waals surface area contributed by atoms with Gasteiger partial charge < -0.3 is 15.1 Å². The highest BCUT2D eigenvalue weighted by Crippen LogP contribution is 2.33. The molecule has 2 bridgehead atoms. The molecule has 2 amide bonds. The Balaban J connectivity index is 0.00000210. The van der Waals surface area contributed by atoms with E-state index >= 15 is 0 Å². The molecule has 5 nitrogen and oxygen atoms in total. The first-order valence-corrected chi connectivity index (χ1v) is 9.67. The van der Waals surface area contributed by atoms with E-state index in [4.69, 9.17) is 0 Å². The van der Waals surface area contributed by atoms with E-state index < -0.39 is 5.82 Å². The third-order valence-electron chi connectivity index (χ3n) is 6.03. The summed E-state index contributed by atoms with van der Waals surface area (Å²) in [5.41, 5.74) is 0.370. The van der Waals surface area contributed by atoms with Crippen molar-refractivity contribution >= 4 is 24.2 Å². The number of carbonyl (C=O) groups is 2. The van der Waals surface area contributed by atoms with Gasteiger partial charge in [-0.3, -0.25) is 9.59 Å². The number of hydrogen-bond acceptors (Lipinski definition) is 3. The number of nitrogens with zero attached hydrogens (tertiary/aromatic N) is 2. The maximum Gasteiger partial charge on any atom is 0.254 e. The van der Waals surface area contributed by atoms with Gasteiger partial charge in [0.25, 0.3) is 5.91 Å². The van der Waals surface area contributed by atoms with E-state index in [1.807, 2.05) is 4.90 Å². The highest BCUT2D eigenvalue weighted by Gasteiger charge is 2.35. The molecule has 3 fully saturated rings. The van der Waals surface area contributed by atoms with Gasteiger partial charge >= 0.3 is 0 Å². The third kappa shape index (κ3) is 4.61. The monoisotopic (exact) mass is 395 g/mol. The zero-order chi connectivity index (χ0) is 18.1. The lowest BCUT2D eigenvalue weighted by atomic mass is 9.89. The predicted molar refractivity (Wildman–Crippen MR) is 103 cm³/mol. The number of piperidine rings is 1. The van der Waals surface area contributed by atoms with Gasteiger partial charge in [0.2, 0.25) is 5.91 Å². The molecule has 0 saturated carbocycles. The fourth-order valence-corrected chi connectivity index (χ4v) is 4.68. The van der Waals surface area contributed by atoms with Crippen LogP contribution in [0.4, 0.5) is 4.39 Å². The summed E-state index contributed by atoms with van der Waals surface area (Å²) < 4.78 is 13.3. The van der Waals surface area contributed by atoms with Crippen molar-refractivity contribution in [1.82, 2.24) is 15.1 Å². The van der Waals surface area contributed by atoms with Gasteiger partial charge in [0, 0.05) is 50.2 Å². The molecule has 3 aliphatic heterocycles. The Labute approximate surface area is 165 Å². The Morgan fingerprint density at radius 1 is 1.04 bits per heavy atom. The molecule has 3 aliphatic rings. The van der Waals surface area contributed by atoms with Crippen molar-refractivity contribution in [2.75, 3.05) is 26.2 Å². The van der Waals surface area contributed by atoms with Crippen LogP contribution in [0, 0.1) is 11.7 Å². The first-order chi connectivity index (χ1) is 12.6. The molecule has 3 heterocycles. The summed E-state index contributed by atoms with van der Waals surface area (Å²) >= 11 is 0. The number of amides is 2. The number of nitrogens with one attached hydrogen (secondary N) is 1. The topological polar surface area (TPSA) is 52.7 Å². The van der Waals surface area contributed by atoms with Crippen molar-refractivity contribution in [1.29, 1.82) is 0 Å². The van der Waals surface area contributed by atoms with Crippen molar-refractivity contribution in [3.63, 3.8) is 0 Å². The van der Waals surface area contributed by atoms with Crippen LogP contribution in [0.2, 0.25) is 0 Å². The number of halogens is 2. The van der Waals surface area contributed by atoms with Gasteiger partial charge in [-0.15, -0.1) is 12.4 Å². The highest BCUT2D eigenvalue weighted by atomic mass is 35.5. The van der Waals surface area contributed by atoms with E-state index in [1.54, 1.807) is 17.0 Å². The molecule has 1 aromatic rings. The summed E-state index contributed by atoms with van der Waals surface area (Å²) in [6.45, 7) is 2.16. The van der Waals surface area contributed by atoms with Crippen LogP contribution in [-0.4, -0.2) is 59.9 Å². The van der Waals surface area contributed by atoms with Gasteiger partial charge in [-0.1, -0.05) is 6.07 Å². The molecule has 4 rings (SSSR count). The van der Waals surface area contributed by atoms with Crippen molar-refractivity contribution in [2.45, 2.75) is 44.2 Å². The second kappa shape index (κ2) is 8.57. The molecule has 0 aliphatic carbocycles. The summed E-state index contributed by atoms with van der Waals surface area (Å²) in [5, 5.41) is 3.62. The van der Waals surface area contributed by atoms with Crippen LogP contribution in [0.5, 0.6) is 0 Å². The zero-order valence-electron chi connectivity index (χ0n) is 15.4. The van der Waals surface area contributed by atoms with Crippen LogP contribution < -0.4 is 5.32 Å². The van der Waals surface area contributed by atoms with Gasteiger partial charge in [-0.25, -0.2) is 4.39 Å². The number of rotatable bonds is 3. The minimum Gasteiger partial charge on any atom is -0.339 e. The number of benzene rings is 1. The molecule has 148 valence electrons. The summed E-state index contributed by atoms with van der Waals surface area (Å²) in [7, 11) is 0. The van der Waals surface area contributed by atoms with Gasteiger partial charge in [-0.2, -0.15) is 0 Å². The normalized spacial score (nSPS) is 27.2. The SMILES string of the molecule is Cl.O=C(CC1CC2CCC(C1)N2)N1CCN(C(=O)c2cccc(F)c2)CC1. The molecule has 7 heteroatoms. The average molecular weight is 396 g/mol. The molecular formula is C20H27ClFN3O2. The minimum atomic E-state index is -0.402. The summed E-state index contributed by atoms with van der Waals surface area (Å²) in [6.07, 6.45) is 5.35. The zero-order valence-corrected chi connectivity index (χ0v) is 16.2. The van der Waals surface area contributed by atoms with E-state index in [0.29, 0.717) is 56.2 Å². The van der Waals surface area contributed by atoms with Gasteiger partial charge in [0.1, 0.15) is 5.82 Å². The van der Waals surface area contributed by atoms with E-state index in [-0.39, 0.29) is 24.2 Å². The molecular weight excluding hydrogens is 369 g/mol. The van der Waals surface area contributed by atoms with Crippen molar-refractivity contribution in [3.8, 4) is 0 Å². The van der Waals surface area contributed by atoms with Gasteiger partial charge in [0.05, 0.1) is 0 Å². The Bertz CT molecular complexity index is 682. The van der Waals surface area contributed by atoms with Crippen LogP contribution in [0.15, 0.2) is 24.3 Å². The smallest absolute Gasteiger partial charge is 0.254 e. The Morgan fingerprint density at radius 2 is 1.67 bits per heavy atom. The highest BCUT2D eigenvalue weighted by molar-refractivity contribution is 5.94. The minimum absolute atomic E-state index is 0. The van der Waals surface area contributed by atoms with E-state index in [1.165, 1.54) is 25.0 Å². The maximum absolute atomic E-state index is 13.3. The molecule has 3 saturated heterocycles. The Kier molecular flexibility index (Phi) is 6.37. The number of hydrogen-bond donors (Lipinski definition) is 1. The quantitative estimate of drug-likeness (QED) is 0.855. The van der Waals surface area contributed by atoms with Crippen LogP contribution in [-0.2, 0) is 4.79 Å². The van der Waals surface area contributed by atoms with Crippen LogP contribution >= 0.6 is 12.4 Å². The predicted octanol–water partition coefficient (Wildman–Crippen LogP) is 2.45. The average Bonchev–Trinajstić information content (AvgIpc) is 2.99. The van der Waals surface area contributed by atoms with E-state index in [9.17, 15) is 14.0 Å². The Hall–Kier alpha value is -1.66. The molecule has 2 unspecified atom stereocenters. The second-order valence-electron chi connectivity index (χ2n) is 7.86. The fourth-order valence-electron chi connectivity index (χ4n) is 4.68. The fraction of sp³-hybridized carbons (Fsp3) is 0.600. The molecule has 2 atom stereocenters. The molecule has 1 N–H and O–H groups in total. The first-order valence-electron chi connectivity index (χ1n) is 9.67. The largest absolute Gasteiger partial charge is 0.339 e. The number of fused-ring (bicyclic) bond motifs is 2. The van der Waals surface area contributed by atoms with Crippen molar-refractivity contribution < 1.29 is 14.0 Å². The Morgan fingerprint density at radius 3 is 2.30 bits per heavy atom. The molecule has 0 radical (unpaired) electrons. The summed E-state index contributed by atoms with van der Waals surface area (Å²) in [5.74, 6) is 0.148. The maximum atomic E-state index is 13.3. The summed E-state index contributed by atoms with van der Waals surface area (Å²) in [4.78, 5) is 28.7. The lowest BCUT2D eigenvalue weighted by molar-refractivity contribution is -0.134. The standard InChI is InChI=1S/C20H26FN3O2.ClH/c21-16-3-1-2-15(13-16)20(26)24-8-6-23(7-9-24)19(25)12-14-10-17-4-5-18(11-14)22-17;/h1-3,13-14,17-18,22H,4-12H2;1H. The molecule has 27 heavy (non-hydrogen) atoms. The first kappa shape index (κ1) is 20.1. The molecule has 0 aromatic heterocycles. The van der Waals surface area contributed by atoms with Crippen molar-refractivity contribution in [2.24, 2.45) is 5.92 Å².